The molecule has 118 valence electrons. The monoisotopic (exact) mass is 296 g/mol. The molecule has 1 unspecified atom stereocenters. The number of likely N-dealkylation sites (tertiary alicyclic amines) is 1. The van der Waals surface area contributed by atoms with Gasteiger partial charge in [0, 0.05) is 12.1 Å². The van der Waals surface area contributed by atoms with Crippen LogP contribution in [0, 0.1) is 11.6 Å². The van der Waals surface area contributed by atoms with Crippen molar-refractivity contribution in [3.05, 3.63) is 35.4 Å². The first-order valence-electron chi connectivity index (χ1n) is 8.03. The normalized spacial score (nSPS) is 18.9. The molecule has 21 heavy (non-hydrogen) atoms. The smallest absolute Gasteiger partial charge is 0.159 e. The van der Waals surface area contributed by atoms with Gasteiger partial charge < -0.3 is 10.2 Å². The van der Waals surface area contributed by atoms with Crippen molar-refractivity contribution in [2.45, 2.75) is 51.6 Å². The summed E-state index contributed by atoms with van der Waals surface area (Å²) in [5, 5.41) is 3.54. The number of nitrogens with zero attached hydrogens (tertiary/aromatic N) is 1. The van der Waals surface area contributed by atoms with Gasteiger partial charge in [-0.25, -0.2) is 8.78 Å². The maximum Gasteiger partial charge on any atom is 0.159 e. The summed E-state index contributed by atoms with van der Waals surface area (Å²) in [5.41, 5.74) is 0.808. The fourth-order valence-corrected chi connectivity index (χ4v) is 2.94. The van der Waals surface area contributed by atoms with Crippen molar-refractivity contribution in [1.29, 1.82) is 0 Å². The average Bonchev–Trinajstić information content (AvgIpc) is 2.49. The molecule has 1 heterocycles. The van der Waals surface area contributed by atoms with Gasteiger partial charge in [0.1, 0.15) is 0 Å². The van der Waals surface area contributed by atoms with Crippen LogP contribution in [-0.4, -0.2) is 30.6 Å². The molecule has 2 rings (SSSR count). The molecule has 0 aliphatic carbocycles. The Morgan fingerprint density at radius 3 is 2.57 bits per heavy atom. The highest BCUT2D eigenvalue weighted by Gasteiger charge is 2.20. The van der Waals surface area contributed by atoms with Gasteiger partial charge in [-0.15, -0.1) is 0 Å². The Kier molecular flexibility index (Phi) is 6.12. The molecule has 1 aromatic carbocycles. The van der Waals surface area contributed by atoms with Gasteiger partial charge in [-0.05, 0) is 63.5 Å². The zero-order valence-corrected chi connectivity index (χ0v) is 13.0. The van der Waals surface area contributed by atoms with Crippen molar-refractivity contribution in [1.82, 2.24) is 10.2 Å². The summed E-state index contributed by atoms with van der Waals surface area (Å²) in [6, 6.07) is 4.67. The van der Waals surface area contributed by atoms with Crippen LogP contribution in [0.2, 0.25) is 0 Å². The van der Waals surface area contributed by atoms with E-state index in [4.69, 9.17) is 0 Å². The average molecular weight is 296 g/mol. The van der Waals surface area contributed by atoms with Gasteiger partial charge in [-0.2, -0.15) is 0 Å². The van der Waals surface area contributed by atoms with Gasteiger partial charge in [-0.3, -0.25) is 0 Å². The maximum absolute atomic E-state index is 13.3. The van der Waals surface area contributed by atoms with Gasteiger partial charge in [0.2, 0.25) is 0 Å². The molecular formula is C17H26F2N2. The Morgan fingerprint density at radius 1 is 1.24 bits per heavy atom. The second kappa shape index (κ2) is 7.85. The molecule has 0 bridgehead atoms. The zero-order valence-electron chi connectivity index (χ0n) is 13.0. The summed E-state index contributed by atoms with van der Waals surface area (Å²) < 4.78 is 26.2. The molecule has 0 spiro atoms. The summed E-state index contributed by atoms with van der Waals surface area (Å²) in [7, 11) is 0. The van der Waals surface area contributed by atoms with E-state index < -0.39 is 11.6 Å². The van der Waals surface area contributed by atoms with Gasteiger partial charge in [0.05, 0.1) is 0 Å². The van der Waals surface area contributed by atoms with Crippen LogP contribution in [0.15, 0.2) is 18.2 Å². The molecule has 0 aromatic heterocycles. The van der Waals surface area contributed by atoms with E-state index >= 15 is 0 Å². The van der Waals surface area contributed by atoms with Crippen LogP contribution in [0.1, 0.15) is 51.1 Å². The van der Waals surface area contributed by atoms with Crippen LogP contribution in [0.25, 0.3) is 0 Å². The van der Waals surface area contributed by atoms with Crippen molar-refractivity contribution >= 4 is 0 Å². The molecule has 1 saturated heterocycles. The van der Waals surface area contributed by atoms with E-state index in [2.05, 4.69) is 17.1 Å². The zero-order chi connectivity index (χ0) is 15.2. The molecule has 0 radical (unpaired) electrons. The van der Waals surface area contributed by atoms with Crippen molar-refractivity contribution < 1.29 is 8.78 Å². The van der Waals surface area contributed by atoms with Crippen LogP contribution in [0.4, 0.5) is 8.78 Å². The predicted molar refractivity (Wildman–Crippen MR) is 82.3 cm³/mol. The molecule has 0 saturated carbocycles. The molecule has 4 heteroatoms. The number of halogens is 2. The van der Waals surface area contributed by atoms with Gasteiger partial charge in [-0.1, -0.05) is 19.4 Å². The van der Waals surface area contributed by atoms with Crippen LogP contribution < -0.4 is 5.32 Å². The fraction of sp³-hybridized carbons (Fsp3) is 0.647. The highest BCUT2D eigenvalue weighted by Crippen LogP contribution is 2.19. The van der Waals surface area contributed by atoms with Crippen molar-refractivity contribution in [3.8, 4) is 0 Å². The first-order chi connectivity index (χ1) is 10.1. The van der Waals surface area contributed by atoms with Gasteiger partial charge in [0.25, 0.3) is 0 Å². The van der Waals surface area contributed by atoms with E-state index in [-0.39, 0.29) is 6.04 Å². The van der Waals surface area contributed by atoms with Crippen LogP contribution in [0.3, 0.4) is 0 Å². The minimum absolute atomic E-state index is 0.0484. The van der Waals surface area contributed by atoms with E-state index in [1.807, 2.05) is 6.92 Å². The lowest BCUT2D eigenvalue weighted by Gasteiger charge is -2.34. The van der Waals surface area contributed by atoms with Crippen molar-refractivity contribution in [2.24, 2.45) is 0 Å². The number of hydrogen-bond acceptors (Lipinski definition) is 2. The van der Waals surface area contributed by atoms with Gasteiger partial charge in [0.15, 0.2) is 11.6 Å². The second-order valence-electron chi connectivity index (χ2n) is 6.03. The molecule has 1 aromatic rings. The van der Waals surface area contributed by atoms with Crippen LogP contribution in [0.5, 0.6) is 0 Å². The second-order valence-corrected chi connectivity index (χ2v) is 6.03. The quantitative estimate of drug-likeness (QED) is 0.857. The maximum atomic E-state index is 13.3. The Morgan fingerprint density at radius 2 is 1.95 bits per heavy atom. The van der Waals surface area contributed by atoms with E-state index in [1.165, 1.54) is 31.5 Å². The lowest BCUT2D eigenvalue weighted by Crippen LogP contribution is -2.43. The third kappa shape index (κ3) is 4.75. The number of hydrogen-bond donors (Lipinski definition) is 1. The Bertz CT molecular complexity index is 442. The van der Waals surface area contributed by atoms with Gasteiger partial charge >= 0.3 is 0 Å². The number of unbranched alkanes of at least 4 members (excludes halogenated alkanes) is 1. The Balaban J connectivity index is 1.81. The number of benzene rings is 1. The van der Waals surface area contributed by atoms with E-state index in [9.17, 15) is 8.78 Å². The highest BCUT2D eigenvalue weighted by atomic mass is 19.2. The lowest BCUT2D eigenvalue weighted by molar-refractivity contribution is 0.190. The molecule has 1 aliphatic heterocycles. The van der Waals surface area contributed by atoms with E-state index in [0.717, 1.165) is 31.5 Å². The predicted octanol–water partition coefficient (Wildman–Crippen LogP) is 3.88. The lowest BCUT2D eigenvalue weighted by atomic mass is 10.0. The minimum Gasteiger partial charge on any atom is -0.307 e. The molecular weight excluding hydrogens is 270 g/mol. The summed E-state index contributed by atoms with van der Waals surface area (Å²) in [6.45, 7) is 7.68. The first kappa shape index (κ1) is 16.4. The molecule has 1 atom stereocenters. The summed E-state index contributed by atoms with van der Waals surface area (Å²) in [5.74, 6) is -1.55. The molecule has 2 nitrogen and oxygen atoms in total. The summed E-state index contributed by atoms with van der Waals surface area (Å²) in [4.78, 5) is 2.52. The van der Waals surface area contributed by atoms with Crippen molar-refractivity contribution in [3.63, 3.8) is 0 Å². The topological polar surface area (TPSA) is 15.3 Å². The molecule has 1 N–H and O–H groups in total. The SMILES string of the molecule is CCCCN1CCC(NC(C)c2ccc(F)c(F)c2)CC1. The summed E-state index contributed by atoms with van der Waals surface area (Å²) in [6.07, 6.45) is 4.75. The first-order valence-corrected chi connectivity index (χ1v) is 8.03. The Hall–Kier alpha value is -1.00. The third-order valence-electron chi connectivity index (χ3n) is 4.34. The number of piperidine rings is 1. The molecule has 1 aliphatic rings. The minimum atomic E-state index is -0.782. The summed E-state index contributed by atoms with van der Waals surface area (Å²) >= 11 is 0. The fourth-order valence-electron chi connectivity index (χ4n) is 2.94. The Labute approximate surface area is 126 Å². The third-order valence-corrected chi connectivity index (χ3v) is 4.34. The van der Waals surface area contributed by atoms with Crippen molar-refractivity contribution in [2.75, 3.05) is 19.6 Å². The molecule has 1 fully saturated rings. The molecule has 0 amide bonds. The van der Waals surface area contributed by atoms with Crippen LogP contribution >= 0.6 is 0 Å². The standard InChI is InChI=1S/C17H26F2N2/c1-3-4-9-21-10-7-15(8-11-21)20-13(2)14-5-6-16(18)17(19)12-14/h5-6,12-13,15,20H,3-4,7-11H2,1-2H3. The largest absolute Gasteiger partial charge is 0.307 e. The van der Waals surface area contributed by atoms with Crippen LogP contribution in [-0.2, 0) is 0 Å². The number of nitrogens with one attached hydrogen (secondary N) is 1. The number of rotatable bonds is 6. The van der Waals surface area contributed by atoms with E-state index in [1.54, 1.807) is 6.07 Å². The van der Waals surface area contributed by atoms with E-state index in [0.29, 0.717) is 6.04 Å². The highest BCUT2D eigenvalue weighted by molar-refractivity contribution is 5.20.